The minimum atomic E-state index is 0.263. The van der Waals surface area contributed by atoms with Crippen molar-refractivity contribution in [2.45, 2.75) is 44.8 Å². The zero-order valence-electron chi connectivity index (χ0n) is 13.5. The Hall–Kier alpha value is -0.900. The van der Waals surface area contributed by atoms with Crippen molar-refractivity contribution in [2.24, 2.45) is 0 Å². The van der Waals surface area contributed by atoms with E-state index in [0.717, 1.165) is 12.6 Å². The van der Waals surface area contributed by atoms with Crippen LogP contribution in [0.3, 0.4) is 0 Å². The molecular weight excluding hydrogens is 258 g/mol. The van der Waals surface area contributed by atoms with E-state index in [-0.39, 0.29) is 5.54 Å². The number of hydrogen-bond donors (Lipinski definition) is 1. The lowest BCUT2D eigenvalue weighted by Crippen LogP contribution is -2.61. The number of hydrogen-bond acceptors (Lipinski definition) is 3. The van der Waals surface area contributed by atoms with Crippen molar-refractivity contribution < 1.29 is 0 Å². The Labute approximate surface area is 129 Å². The van der Waals surface area contributed by atoms with Crippen LogP contribution in [0, 0.1) is 0 Å². The van der Waals surface area contributed by atoms with E-state index in [2.05, 4.69) is 59.3 Å². The third-order valence-electron chi connectivity index (χ3n) is 5.14. The van der Waals surface area contributed by atoms with E-state index < -0.39 is 0 Å². The Morgan fingerprint density at radius 3 is 2.48 bits per heavy atom. The molecule has 3 rings (SSSR count). The fourth-order valence-corrected chi connectivity index (χ4v) is 3.81. The number of piperidine rings is 1. The largest absolute Gasteiger partial charge is 0.317 e. The molecule has 1 aromatic carbocycles. The van der Waals surface area contributed by atoms with Gasteiger partial charge in [0.1, 0.15) is 0 Å². The second-order valence-electron chi connectivity index (χ2n) is 7.17. The second-order valence-corrected chi connectivity index (χ2v) is 7.17. The first-order valence-corrected chi connectivity index (χ1v) is 8.39. The number of benzene rings is 1. The summed E-state index contributed by atoms with van der Waals surface area (Å²) in [7, 11) is 0. The van der Waals surface area contributed by atoms with Crippen LogP contribution in [0.5, 0.6) is 0 Å². The van der Waals surface area contributed by atoms with Crippen molar-refractivity contribution in [1.82, 2.24) is 15.1 Å². The third kappa shape index (κ3) is 3.65. The van der Waals surface area contributed by atoms with Crippen molar-refractivity contribution in [1.29, 1.82) is 0 Å². The molecule has 2 fully saturated rings. The number of piperazine rings is 1. The monoisotopic (exact) mass is 287 g/mol. The van der Waals surface area contributed by atoms with Crippen LogP contribution < -0.4 is 5.32 Å². The molecule has 0 unspecified atom stereocenters. The molecule has 0 saturated carbocycles. The highest BCUT2D eigenvalue weighted by atomic mass is 15.3. The van der Waals surface area contributed by atoms with Gasteiger partial charge in [0.2, 0.25) is 0 Å². The summed E-state index contributed by atoms with van der Waals surface area (Å²) in [5.41, 5.74) is 1.69. The maximum absolute atomic E-state index is 3.48. The second kappa shape index (κ2) is 6.47. The van der Waals surface area contributed by atoms with E-state index in [9.17, 15) is 0 Å². The molecule has 2 saturated heterocycles. The number of nitrogens with zero attached hydrogens (tertiary/aromatic N) is 2. The van der Waals surface area contributed by atoms with E-state index in [1.807, 2.05) is 0 Å². The first-order valence-electron chi connectivity index (χ1n) is 8.39. The first-order chi connectivity index (χ1) is 10.1. The van der Waals surface area contributed by atoms with Crippen molar-refractivity contribution in [3.05, 3.63) is 35.9 Å². The molecular formula is C18H29N3. The Morgan fingerprint density at radius 1 is 1.10 bits per heavy atom. The van der Waals surface area contributed by atoms with Crippen LogP contribution in [-0.2, 0) is 6.54 Å². The lowest BCUT2D eigenvalue weighted by atomic mass is 9.94. The summed E-state index contributed by atoms with van der Waals surface area (Å²) in [6.45, 7) is 11.9. The molecule has 2 aliphatic rings. The molecule has 0 amide bonds. The maximum atomic E-state index is 3.48. The van der Waals surface area contributed by atoms with Crippen LogP contribution in [0.1, 0.15) is 32.3 Å². The van der Waals surface area contributed by atoms with Gasteiger partial charge < -0.3 is 5.32 Å². The molecule has 0 aliphatic carbocycles. The SMILES string of the molecule is CC1(C)CN(C2CCNCC2)CCN1Cc1ccccc1. The fraction of sp³-hybridized carbons (Fsp3) is 0.667. The Bertz CT molecular complexity index is 437. The minimum Gasteiger partial charge on any atom is -0.317 e. The highest BCUT2D eigenvalue weighted by Crippen LogP contribution is 2.26. The predicted molar refractivity (Wildman–Crippen MR) is 88.4 cm³/mol. The van der Waals surface area contributed by atoms with Gasteiger partial charge in [-0.1, -0.05) is 30.3 Å². The molecule has 0 aromatic heterocycles. The van der Waals surface area contributed by atoms with Gasteiger partial charge in [0.25, 0.3) is 0 Å². The van der Waals surface area contributed by atoms with E-state index in [4.69, 9.17) is 0 Å². The topological polar surface area (TPSA) is 18.5 Å². The third-order valence-corrected chi connectivity index (χ3v) is 5.14. The Kier molecular flexibility index (Phi) is 4.63. The molecule has 1 aromatic rings. The zero-order chi connectivity index (χ0) is 14.7. The van der Waals surface area contributed by atoms with Crippen LogP contribution in [0.25, 0.3) is 0 Å². The minimum absolute atomic E-state index is 0.263. The number of rotatable bonds is 3. The summed E-state index contributed by atoms with van der Waals surface area (Å²) >= 11 is 0. The van der Waals surface area contributed by atoms with Crippen molar-refractivity contribution in [3.8, 4) is 0 Å². The van der Waals surface area contributed by atoms with Gasteiger partial charge in [-0.25, -0.2) is 0 Å². The van der Waals surface area contributed by atoms with Crippen LogP contribution >= 0.6 is 0 Å². The van der Waals surface area contributed by atoms with Gasteiger partial charge in [0, 0.05) is 37.8 Å². The standard InChI is InChI=1S/C18H29N3/c1-18(2)15-20(17-8-10-19-11-9-17)12-13-21(18)14-16-6-4-3-5-7-16/h3-7,17,19H,8-15H2,1-2H3. The van der Waals surface area contributed by atoms with E-state index in [1.54, 1.807) is 0 Å². The Balaban J connectivity index is 1.61. The predicted octanol–water partition coefficient (Wildman–Crippen LogP) is 2.33. The summed E-state index contributed by atoms with van der Waals surface area (Å²) in [4.78, 5) is 5.39. The highest BCUT2D eigenvalue weighted by molar-refractivity contribution is 5.15. The highest BCUT2D eigenvalue weighted by Gasteiger charge is 2.36. The molecule has 1 N–H and O–H groups in total. The summed E-state index contributed by atoms with van der Waals surface area (Å²) in [5, 5.41) is 3.48. The molecule has 0 atom stereocenters. The first kappa shape index (κ1) is 15.0. The summed E-state index contributed by atoms with van der Waals surface area (Å²) in [6.07, 6.45) is 2.63. The van der Waals surface area contributed by atoms with E-state index >= 15 is 0 Å². The van der Waals surface area contributed by atoms with Gasteiger partial charge in [-0.05, 0) is 45.3 Å². The molecule has 3 nitrogen and oxygen atoms in total. The molecule has 0 radical (unpaired) electrons. The smallest absolute Gasteiger partial charge is 0.0284 e. The Morgan fingerprint density at radius 2 is 1.81 bits per heavy atom. The molecule has 116 valence electrons. The lowest BCUT2D eigenvalue weighted by Gasteiger charge is -2.50. The van der Waals surface area contributed by atoms with Crippen LogP contribution in [0.2, 0.25) is 0 Å². The summed E-state index contributed by atoms with van der Waals surface area (Å²) in [6, 6.07) is 11.7. The quantitative estimate of drug-likeness (QED) is 0.920. The van der Waals surface area contributed by atoms with Crippen molar-refractivity contribution in [2.75, 3.05) is 32.7 Å². The molecule has 2 aliphatic heterocycles. The molecule has 0 spiro atoms. The normalized spacial score (nSPS) is 25.0. The van der Waals surface area contributed by atoms with E-state index in [0.29, 0.717) is 0 Å². The average molecular weight is 287 g/mol. The van der Waals surface area contributed by atoms with Gasteiger partial charge in [-0.3, -0.25) is 9.80 Å². The van der Waals surface area contributed by atoms with Crippen LogP contribution in [0.15, 0.2) is 30.3 Å². The average Bonchev–Trinajstić information content (AvgIpc) is 2.51. The van der Waals surface area contributed by atoms with Crippen molar-refractivity contribution >= 4 is 0 Å². The maximum Gasteiger partial charge on any atom is 0.0284 e. The van der Waals surface area contributed by atoms with E-state index in [1.165, 1.54) is 51.1 Å². The zero-order valence-corrected chi connectivity index (χ0v) is 13.5. The van der Waals surface area contributed by atoms with Crippen LogP contribution in [-0.4, -0.2) is 54.1 Å². The van der Waals surface area contributed by atoms with Gasteiger partial charge in [0.05, 0.1) is 0 Å². The molecule has 3 heteroatoms. The lowest BCUT2D eigenvalue weighted by molar-refractivity contribution is -0.0111. The molecule has 0 bridgehead atoms. The summed E-state index contributed by atoms with van der Waals surface area (Å²) in [5.74, 6) is 0. The van der Waals surface area contributed by atoms with Crippen LogP contribution in [0.4, 0.5) is 0 Å². The molecule has 2 heterocycles. The van der Waals surface area contributed by atoms with Gasteiger partial charge in [-0.15, -0.1) is 0 Å². The fourth-order valence-electron chi connectivity index (χ4n) is 3.81. The van der Waals surface area contributed by atoms with Gasteiger partial charge in [0.15, 0.2) is 0 Å². The van der Waals surface area contributed by atoms with Gasteiger partial charge in [-0.2, -0.15) is 0 Å². The molecule has 21 heavy (non-hydrogen) atoms. The van der Waals surface area contributed by atoms with Gasteiger partial charge >= 0.3 is 0 Å². The summed E-state index contributed by atoms with van der Waals surface area (Å²) < 4.78 is 0. The number of nitrogens with one attached hydrogen (secondary N) is 1. The van der Waals surface area contributed by atoms with Crippen molar-refractivity contribution in [3.63, 3.8) is 0 Å².